The fourth-order valence-electron chi connectivity index (χ4n) is 2.16. The lowest BCUT2D eigenvalue weighted by Crippen LogP contribution is -2.01. The van der Waals surface area contributed by atoms with Crippen LogP contribution in [0.4, 0.5) is 0 Å². The summed E-state index contributed by atoms with van der Waals surface area (Å²) in [6, 6.07) is 8.65. The Hall–Kier alpha value is -1.12. The van der Waals surface area contributed by atoms with E-state index in [-0.39, 0.29) is 0 Å². The molecule has 3 rings (SSSR count). The molecule has 0 unspecified atom stereocenters. The van der Waals surface area contributed by atoms with Gasteiger partial charge in [-0.2, -0.15) is 0 Å². The lowest BCUT2D eigenvalue weighted by Gasteiger charge is -2.20. The van der Waals surface area contributed by atoms with Gasteiger partial charge in [-0.25, -0.2) is 0 Å². The van der Waals surface area contributed by atoms with Crippen molar-refractivity contribution in [1.29, 1.82) is 0 Å². The van der Waals surface area contributed by atoms with Crippen LogP contribution < -0.4 is 0 Å². The van der Waals surface area contributed by atoms with Gasteiger partial charge in [-0.1, -0.05) is 66.5 Å². The van der Waals surface area contributed by atoms with E-state index in [0.717, 1.165) is 6.42 Å². The average Bonchev–Trinajstić information content (AvgIpc) is 2.91. The largest absolute Gasteiger partial charge is 0.0985 e. The molecule has 0 nitrogen and oxygen atoms in total. The van der Waals surface area contributed by atoms with Crippen LogP contribution in [0.1, 0.15) is 11.1 Å². The predicted octanol–water partition coefficient (Wildman–Crippen LogP) is 4.97. The molecule has 2 aliphatic rings. The van der Waals surface area contributed by atoms with Gasteiger partial charge in [0.1, 0.15) is 0 Å². The predicted molar refractivity (Wildman–Crippen MR) is 79.7 cm³/mol. The van der Waals surface area contributed by atoms with Gasteiger partial charge in [0.25, 0.3) is 0 Å². The molecular formula is C15H12S2. The molecule has 84 valence electrons. The van der Waals surface area contributed by atoms with Crippen LogP contribution in [0.15, 0.2) is 63.6 Å². The zero-order chi connectivity index (χ0) is 11.7. The molecule has 0 saturated carbocycles. The van der Waals surface area contributed by atoms with Crippen molar-refractivity contribution < 1.29 is 0 Å². The van der Waals surface area contributed by atoms with Crippen molar-refractivity contribution in [3.63, 3.8) is 0 Å². The zero-order valence-corrected chi connectivity index (χ0v) is 11.0. The Morgan fingerprint density at radius 2 is 1.88 bits per heavy atom. The van der Waals surface area contributed by atoms with Crippen LogP contribution in [0.2, 0.25) is 0 Å². The highest BCUT2D eigenvalue weighted by Crippen LogP contribution is 2.47. The summed E-state index contributed by atoms with van der Waals surface area (Å²) in [7, 11) is 0. The highest BCUT2D eigenvalue weighted by Gasteiger charge is 2.20. The number of benzene rings is 1. The topological polar surface area (TPSA) is 0 Å². The molecule has 0 N–H and O–H groups in total. The van der Waals surface area contributed by atoms with Crippen molar-refractivity contribution in [2.75, 3.05) is 0 Å². The van der Waals surface area contributed by atoms with Crippen LogP contribution in [-0.4, -0.2) is 0 Å². The third kappa shape index (κ3) is 1.92. The first-order valence-corrected chi connectivity index (χ1v) is 7.30. The molecule has 17 heavy (non-hydrogen) atoms. The van der Waals surface area contributed by atoms with E-state index in [1.165, 1.54) is 26.5 Å². The molecule has 0 radical (unpaired) electrons. The molecule has 0 bridgehead atoms. The molecule has 1 heterocycles. The van der Waals surface area contributed by atoms with Crippen LogP contribution in [-0.2, 0) is 6.42 Å². The molecular weight excluding hydrogens is 244 g/mol. The Bertz CT molecular complexity index is 552. The quantitative estimate of drug-likeness (QED) is 0.695. The van der Waals surface area contributed by atoms with Crippen LogP contribution in [0.5, 0.6) is 0 Å². The van der Waals surface area contributed by atoms with E-state index >= 15 is 0 Å². The highest BCUT2D eigenvalue weighted by atomic mass is 32.2. The maximum atomic E-state index is 3.94. The normalized spacial score (nSPS) is 18.0. The first-order chi connectivity index (χ1) is 8.40. The van der Waals surface area contributed by atoms with Gasteiger partial charge >= 0.3 is 0 Å². The number of hydrogen-bond acceptors (Lipinski definition) is 2. The van der Waals surface area contributed by atoms with Gasteiger partial charge in [0.2, 0.25) is 0 Å². The van der Waals surface area contributed by atoms with Crippen molar-refractivity contribution in [1.82, 2.24) is 0 Å². The minimum absolute atomic E-state index is 1.01. The summed E-state index contributed by atoms with van der Waals surface area (Å²) in [5.74, 6) is 0. The summed E-state index contributed by atoms with van der Waals surface area (Å²) in [4.78, 5) is 0. The van der Waals surface area contributed by atoms with E-state index in [1.54, 1.807) is 23.5 Å². The number of fused-ring (bicyclic) bond motifs is 1. The first kappa shape index (κ1) is 11.0. The number of rotatable bonds is 1. The van der Waals surface area contributed by atoms with Gasteiger partial charge in [-0.05, 0) is 33.9 Å². The van der Waals surface area contributed by atoms with E-state index in [0.29, 0.717) is 0 Å². The zero-order valence-electron chi connectivity index (χ0n) is 9.35. The minimum atomic E-state index is 1.01. The monoisotopic (exact) mass is 256 g/mol. The standard InChI is InChI=1S/C15H12S2/c1-2-11-7-8-12-5-3-4-6-13(12)14(11)15-16-9-10-17-15/h2-7,9-10H,1,8H2. The van der Waals surface area contributed by atoms with Crippen LogP contribution in [0.25, 0.3) is 5.57 Å². The maximum absolute atomic E-state index is 3.94. The van der Waals surface area contributed by atoms with Gasteiger partial charge in [-0.3, -0.25) is 0 Å². The van der Waals surface area contributed by atoms with Crippen molar-refractivity contribution in [3.8, 4) is 0 Å². The molecule has 1 aromatic rings. The summed E-state index contributed by atoms with van der Waals surface area (Å²) in [6.07, 6.45) is 5.26. The van der Waals surface area contributed by atoms with Gasteiger partial charge in [0, 0.05) is 5.57 Å². The molecule has 0 atom stereocenters. The van der Waals surface area contributed by atoms with Crippen LogP contribution in [0, 0.1) is 0 Å². The second-order valence-electron chi connectivity index (χ2n) is 3.90. The molecule has 0 amide bonds. The van der Waals surface area contributed by atoms with E-state index in [4.69, 9.17) is 0 Å². The number of thioether (sulfide) groups is 2. The van der Waals surface area contributed by atoms with Gasteiger partial charge < -0.3 is 0 Å². The Balaban J connectivity index is 2.20. The Labute approximate surface area is 110 Å². The van der Waals surface area contributed by atoms with Gasteiger partial charge in [0.05, 0.1) is 4.24 Å². The van der Waals surface area contributed by atoms with Gasteiger partial charge in [0.15, 0.2) is 0 Å². The summed E-state index contributed by atoms with van der Waals surface area (Å²) in [5.41, 5.74) is 5.39. The van der Waals surface area contributed by atoms with Crippen LogP contribution in [0.3, 0.4) is 0 Å². The molecule has 1 aliphatic heterocycles. The highest BCUT2D eigenvalue weighted by molar-refractivity contribution is 8.27. The van der Waals surface area contributed by atoms with Crippen molar-refractivity contribution >= 4 is 29.1 Å². The second-order valence-corrected chi connectivity index (χ2v) is 5.99. The average molecular weight is 256 g/mol. The fraction of sp³-hybridized carbons (Fsp3) is 0.0667. The molecule has 1 aromatic carbocycles. The molecule has 0 saturated heterocycles. The fourth-order valence-corrected chi connectivity index (χ4v) is 4.10. The molecule has 1 aliphatic carbocycles. The summed E-state index contributed by atoms with van der Waals surface area (Å²) < 4.78 is 1.36. The summed E-state index contributed by atoms with van der Waals surface area (Å²) >= 11 is 3.61. The van der Waals surface area contributed by atoms with E-state index < -0.39 is 0 Å². The van der Waals surface area contributed by atoms with Crippen molar-refractivity contribution in [2.45, 2.75) is 6.42 Å². The number of allylic oxidation sites excluding steroid dienone is 4. The molecule has 0 aromatic heterocycles. The third-order valence-corrected chi connectivity index (χ3v) is 5.08. The minimum Gasteiger partial charge on any atom is -0.0985 e. The lowest BCUT2D eigenvalue weighted by molar-refractivity contribution is 1.21. The molecule has 0 fully saturated rings. The van der Waals surface area contributed by atoms with E-state index in [9.17, 15) is 0 Å². The third-order valence-electron chi connectivity index (χ3n) is 2.95. The first-order valence-electron chi connectivity index (χ1n) is 5.54. The van der Waals surface area contributed by atoms with Crippen LogP contribution >= 0.6 is 23.5 Å². The summed E-state index contributed by atoms with van der Waals surface area (Å²) in [6.45, 7) is 3.94. The SMILES string of the molecule is C=CC1=CCc2ccccc2C1=C1SC=CS1. The lowest BCUT2D eigenvalue weighted by atomic mass is 9.88. The Morgan fingerprint density at radius 3 is 2.65 bits per heavy atom. The Morgan fingerprint density at radius 1 is 1.12 bits per heavy atom. The Kier molecular flexibility index (Phi) is 3.00. The maximum Gasteiger partial charge on any atom is 0.0571 e. The number of hydrogen-bond donors (Lipinski definition) is 0. The smallest absolute Gasteiger partial charge is 0.0571 e. The van der Waals surface area contributed by atoms with Gasteiger partial charge in [-0.15, -0.1) is 0 Å². The van der Waals surface area contributed by atoms with E-state index in [2.05, 4.69) is 47.7 Å². The van der Waals surface area contributed by atoms with Crippen molar-refractivity contribution in [3.05, 3.63) is 74.7 Å². The molecule has 0 spiro atoms. The second kappa shape index (κ2) is 4.63. The van der Waals surface area contributed by atoms with E-state index in [1.807, 2.05) is 6.08 Å². The molecule has 2 heteroatoms. The van der Waals surface area contributed by atoms with Crippen molar-refractivity contribution in [2.24, 2.45) is 0 Å². The summed E-state index contributed by atoms with van der Waals surface area (Å²) in [5, 5.41) is 4.29.